The lowest BCUT2D eigenvalue weighted by molar-refractivity contribution is -0.113. The van der Waals surface area contributed by atoms with Gasteiger partial charge in [0, 0.05) is 27.2 Å². The van der Waals surface area contributed by atoms with Gasteiger partial charge in [0.15, 0.2) is 0 Å². The van der Waals surface area contributed by atoms with Crippen LogP contribution < -0.4 is 15.4 Å². The summed E-state index contributed by atoms with van der Waals surface area (Å²) in [5, 5.41) is 12.0. The maximum atomic E-state index is 14.0. The van der Waals surface area contributed by atoms with Crippen LogP contribution in [0.4, 0.5) is 11.6 Å². The highest BCUT2D eigenvalue weighted by Crippen LogP contribution is 2.41. The molecule has 0 saturated carbocycles. The lowest BCUT2D eigenvalue weighted by atomic mass is 9.87. The van der Waals surface area contributed by atoms with E-state index < -0.39 is 6.04 Å². The van der Waals surface area contributed by atoms with Gasteiger partial charge in [-0.05, 0) is 72.7 Å². The van der Waals surface area contributed by atoms with Gasteiger partial charge in [-0.1, -0.05) is 91.8 Å². The number of hydrogen-bond donors (Lipinski definition) is 2. The smallest absolute Gasteiger partial charge is 0.255 e. The molecule has 1 atom stereocenters. The number of amides is 1. The summed E-state index contributed by atoms with van der Waals surface area (Å²) >= 11 is 5.26. The van der Waals surface area contributed by atoms with Gasteiger partial charge in [-0.3, -0.25) is 4.79 Å². The fourth-order valence-corrected chi connectivity index (χ4v) is 6.08. The van der Waals surface area contributed by atoms with E-state index in [1.807, 2.05) is 61.0 Å². The van der Waals surface area contributed by atoms with Crippen LogP contribution in [0, 0.1) is 6.92 Å². The van der Waals surface area contributed by atoms with Gasteiger partial charge in [0.2, 0.25) is 11.1 Å². The molecule has 1 unspecified atom stereocenters. The van der Waals surface area contributed by atoms with E-state index in [1.54, 1.807) is 11.8 Å². The zero-order chi connectivity index (χ0) is 30.7. The molecular weight excluding hydrogens is 622 g/mol. The van der Waals surface area contributed by atoms with Gasteiger partial charge in [-0.15, -0.1) is 5.10 Å². The average molecular weight is 661 g/mol. The fourth-order valence-electron chi connectivity index (χ4n) is 5.02. The van der Waals surface area contributed by atoms with E-state index in [1.165, 1.54) is 5.56 Å². The standard InChI is InChI=1S/C34H38BrN5O2S/c1-7-17-43-33-38-32-36-22(3)29(31(41)37-26-10-8-9-21(2)18-26)30(40(32)39-33)27-19-25(35)15-16-28(27)42-20-23-11-13-24(14-12-23)34(4,5)6/h8-16,18-19,30H,7,17,20H2,1-6H3,(H,37,41)(H,36,38,39). The highest BCUT2D eigenvalue weighted by Gasteiger charge is 2.36. The van der Waals surface area contributed by atoms with E-state index in [2.05, 4.69) is 78.5 Å². The van der Waals surface area contributed by atoms with Crippen molar-refractivity contribution in [2.24, 2.45) is 0 Å². The van der Waals surface area contributed by atoms with Crippen LogP contribution in [0.15, 0.2) is 87.6 Å². The predicted octanol–water partition coefficient (Wildman–Crippen LogP) is 8.66. The second-order valence-electron chi connectivity index (χ2n) is 11.8. The molecule has 4 aromatic rings. The molecule has 0 saturated heterocycles. The molecule has 0 fully saturated rings. The third-order valence-corrected chi connectivity index (χ3v) is 8.81. The zero-order valence-electron chi connectivity index (χ0n) is 25.5. The van der Waals surface area contributed by atoms with Crippen LogP contribution in [0.2, 0.25) is 0 Å². The van der Waals surface area contributed by atoms with E-state index in [0.717, 1.165) is 39.0 Å². The largest absolute Gasteiger partial charge is 0.489 e. The van der Waals surface area contributed by atoms with Gasteiger partial charge in [0.25, 0.3) is 5.91 Å². The van der Waals surface area contributed by atoms with Gasteiger partial charge in [0.1, 0.15) is 18.4 Å². The van der Waals surface area contributed by atoms with Gasteiger partial charge in [0.05, 0.1) is 5.57 Å². The Kier molecular flexibility index (Phi) is 9.32. The molecule has 9 heteroatoms. The summed E-state index contributed by atoms with van der Waals surface area (Å²) in [6.45, 7) is 13.1. The highest BCUT2D eigenvalue weighted by molar-refractivity contribution is 9.10. The molecule has 1 amide bonds. The van der Waals surface area contributed by atoms with Crippen LogP contribution in [0.25, 0.3) is 0 Å². The van der Waals surface area contributed by atoms with Gasteiger partial charge in [-0.25, -0.2) is 4.68 Å². The van der Waals surface area contributed by atoms with Gasteiger partial charge >= 0.3 is 0 Å². The minimum absolute atomic E-state index is 0.0800. The Morgan fingerprint density at radius 1 is 1.09 bits per heavy atom. The summed E-state index contributed by atoms with van der Waals surface area (Å²) in [5.41, 5.74) is 6.29. The number of aromatic nitrogens is 3. The third kappa shape index (κ3) is 7.16. The number of ether oxygens (including phenoxy) is 1. The van der Waals surface area contributed by atoms with Crippen molar-refractivity contribution in [2.45, 2.75) is 71.2 Å². The van der Waals surface area contributed by atoms with E-state index in [0.29, 0.717) is 34.7 Å². The summed E-state index contributed by atoms with van der Waals surface area (Å²) in [6, 6.07) is 21.7. The summed E-state index contributed by atoms with van der Waals surface area (Å²) in [4.78, 5) is 18.8. The molecule has 43 heavy (non-hydrogen) atoms. The number of hydrogen-bond acceptors (Lipinski definition) is 6. The first-order valence-electron chi connectivity index (χ1n) is 14.5. The van der Waals surface area contributed by atoms with Crippen molar-refractivity contribution in [3.63, 3.8) is 0 Å². The van der Waals surface area contributed by atoms with E-state index >= 15 is 0 Å². The number of aryl methyl sites for hydroxylation is 1. The molecule has 0 bridgehead atoms. The Bertz CT molecular complexity index is 1660. The lowest BCUT2D eigenvalue weighted by Gasteiger charge is -2.30. The first-order valence-corrected chi connectivity index (χ1v) is 16.3. The van der Waals surface area contributed by atoms with Crippen LogP contribution in [-0.4, -0.2) is 26.4 Å². The van der Waals surface area contributed by atoms with Crippen molar-refractivity contribution in [3.05, 3.63) is 105 Å². The molecule has 2 heterocycles. The number of thioether (sulfide) groups is 1. The van der Waals surface area contributed by atoms with Crippen LogP contribution in [-0.2, 0) is 16.8 Å². The summed E-state index contributed by atoms with van der Waals surface area (Å²) in [5.74, 6) is 1.96. The van der Waals surface area contributed by atoms with Crippen molar-refractivity contribution < 1.29 is 9.53 Å². The maximum absolute atomic E-state index is 14.0. The number of rotatable bonds is 9. The molecule has 0 radical (unpaired) electrons. The maximum Gasteiger partial charge on any atom is 0.255 e. The number of carbonyl (C=O) groups is 1. The van der Waals surface area contributed by atoms with Crippen molar-refractivity contribution in [2.75, 3.05) is 16.4 Å². The summed E-state index contributed by atoms with van der Waals surface area (Å²) in [7, 11) is 0. The van der Waals surface area contributed by atoms with Crippen LogP contribution in [0.1, 0.15) is 69.3 Å². The van der Waals surface area contributed by atoms with Crippen molar-refractivity contribution >= 4 is 45.2 Å². The lowest BCUT2D eigenvalue weighted by Crippen LogP contribution is -2.31. The number of benzene rings is 3. The van der Waals surface area contributed by atoms with Crippen LogP contribution in [0.3, 0.4) is 0 Å². The highest BCUT2D eigenvalue weighted by atomic mass is 79.9. The van der Waals surface area contributed by atoms with Gasteiger partial charge in [-0.2, -0.15) is 4.98 Å². The summed E-state index contributed by atoms with van der Waals surface area (Å²) < 4.78 is 9.16. The molecule has 224 valence electrons. The molecule has 0 aliphatic carbocycles. The van der Waals surface area contributed by atoms with Gasteiger partial charge < -0.3 is 15.4 Å². The molecule has 0 spiro atoms. The Morgan fingerprint density at radius 3 is 2.56 bits per heavy atom. The molecule has 7 nitrogen and oxygen atoms in total. The third-order valence-electron chi connectivity index (χ3n) is 7.27. The van der Waals surface area contributed by atoms with E-state index in [4.69, 9.17) is 14.8 Å². The molecule has 5 rings (SSSR count). The molecule has 1 aliphatic rings. The zero-order valence-corrected chi connectivity index (χ0v) is 27.9. The first kappa shape index (κ1) is 30.9. The Morgan fingerprint density at radius 2 is 1.86 bits per heavy atom. The second kappa shape index (κ2) is 13.0. The molecule has 1 aliphatic heterocycles. The van der Waals surface area contributed by atoms with Crippen molar-refractivity contribution in [1.29, 1.82) is 0 Å². The first-order chi connectivity index (χ1) is 20.5. The number of halogens is 1. The quantitative estimate of drug-likeness (QED) is 0.175. The number of carbonyl (C=O) groups excluding carboxylic acids is 1. The summed E-state index contributed by atoms with van der Waals surface area (Å²) in [6.07, 6.45) is 1.01. The monoisotopic (exact) mass is 659 g/mol. The molecule has 2 N–H and O–H groups in total. The SMILES string of the molecule is CCCSc1nc2n(n1)C(c1cc(Br)ccc1OCc1ccc(C(C)(C)C)cc1)C(C(=O)Nc1cccc(C)c1)=C(C)N2. The minimum Gasteiger partial charge on any atom is -0.489 e. The van der Waals surface area contributed by atoms with E-state index in [-0.39, 0.29) is 11.3 Å². The van der Waals surface area contributed by atoms with Crippen molar-refractivity contribution in [3.8, 4) is 5.75 Å². The molecular formula is C34H38BrN5O2S. The number of fused-ring (bicyclic) bond motifs is 1. The number of nitrogens with one attached hydrogen (secondary N) is 2. The topological polar surface area (TPSA) is 81.1 Å². The Hall–Kier alpha value is -3.56. The normalized spacial score (nSPS) is 14.7. The van der Waals surface area contributed by atoms with E-state index in [9.17, 15) is 4.79 Å². The van der Waals surface area contributed by atoms with Crippen LogP contribution >= 0.6 is 27.7 Å². The Balaban J connectivity index is 1.54. The minimum atomic E-state index is -0.569. The average Bonchev–Trinajstić information content (AvgIpc) is 3.36. The molecule has 3 aromatic carbocycles. The number of allylic oxidation sites excluding steroid dienone is 1. The second-order valence-corrected chi connectivity index (χ2v) is 13.8. The molecule has 1 aromatic heterocycles. The Labute approximate surface area is 266 Å². The number of anilines is 2. The van der Waals surface area contributed by atoms with Crippen molar-refractivity contribution in [1.82, 2.24) is 14.8 Å². The van der Waals surface area contributed by atoms with Crippen LogP contribution in [0.5, 0.6) is 5.75 Å². The fraction of sp³-hybridized carbons (Fsp3) is 0.324. The number of nitrogens with zero attached hydrogens (tertiary/aromatic N) is 3. The predicted molar refractivity (Wildman–Crippen MR) is 179 cm³/mol.